The molecule has 6 aromatic rings. The van der Waals surface area contributed by atoms with Gasteiger partial charge in [0, 0.05) is 12.1 Å². The van der Waals surface area contributed by atoms with E-state index in [1.165, 1.54) is 14.2 Å². The van der Waals surface area contributed by atoms with Gasteiger partial charge in [0.15, 0.2) is 0 Å². The van der Waals surface area contributed by atoms with E-state index in [1.807, 2.05) is 82.9 Å². The summed E-state index contributed by atoms with van der Waals surface area (Å²) in [5.41, 5.74) is 7.18. The molecule has 0 spiro atoms. The Morgan fingerprint density at radius 1 is 0.547 bits per heavy atom. The standard InChI is InChI=1S/C50H50N8O6/c1-63-49(61)55-41(33-9-5-3-6-10-33)47(59)57-37-23-21-35(25-37)43(57)45-51-27-39(53-45)31-17-13-29(14-18-31)30-15-19-32(20-16-30)40-28-52-46(54-40)44-36-22-24-38(26-36)58(44)48(60)42(56-50(62)64-2)34-11-7-4-8-12-34/h3-20,27-28,35-38,41-44H,21-26H2,1-2H3,(H,51,53)(H,52,54)(H,55,61)(H,56,62)/t35-,36-,37-,38-,41+,42+,43+,44+/m1/s1. The summed E-state index contributed by atoms with van der Waals surface area (Å²) in [5.74, 6) is 1.69. The van der Waals surface area contributed by atoms with Crippen molar-refractivity contribution >= 4 is 24.0 Å². The predicted octanol–water partition coefficient (Wildman–Crippen LogP) is 8.43. The third kappa shape index (κ3) is 7.56. The number of amides is 4. The summed E-state index contributed by atoms with van der Waals surface area (Å²) < 4.78 is 9.79. The first kappa shape index (κ1) is 40.8. The lowest BCUT2D eigenvalue weighted by molar-refractivity contribution is -0.139. The molecule has 64 heavy (non-hydrogen) atoms. The van der Waals surface area contributed by atoms with Crippen molar-refractivity contribution in [2.75, 3.05) is 14.2 Å². The molecule has 326 valence electrons. The van der Waals surface area contributed by atoms with E-state index >= 15 is 0 Å². The number of hydrogen-bond donors (Lipinski definition) is 4. The number of H-pyrrole nitrogens is 2. The molecule has 4 heterocycles. The van der Waals surface area contributed by atoms with Crippen LogP contribution in [0.15, 0.2) is 122 Å². The highest BCUT2D eigenvalue weighted by molar-refractivity contribution is 5.89. The minimum atomic E-state index is -0.878. The highest BCUT2D eigenvalue weighted by Gasteiger charge is 2.53. The first-order valence-electron chi connectivity index (χ1n) is 22.0. The Kier molecular flexibility index (Phi) is 10.9. The fourth-order valence-corrected chi connectivity index (χ4v) is 10.8. The summed E-state index contributed by atoms with van der Waals surface area (Å²) in [6, 6.07) is 33.1. The SMILES string of the molecule is COC(=O)N[C@H](C(=O)N1[C@@H]2CC[C@H](C2)[C@H]1c1ncc(-c2ccc(-c3ccc(-c4cnc([C@@H]5[C@@H]6CC[C@H](C6)N5C(=O)[C@@H](NC(=O)OC)c5ccccc5)[nH]4)cc3)cc2)[nH]1)c1ccccc1. The van der Waals surface area contributed by atoms with E-state index in [2.05, 4.69) is 69.1 Å². The number of benzene rings is 4. The molecule has 2 aromatic heterocycles. The van der Waals surface area contributed by atoms with Crippen molar-refractivity contribution < 1.29 is 28.7 Å². The zero-order valence-electron chi connectivity index (χ0n) is 35.6. The van der Waals surface area contributed by atoms with Gasteiger partial charge in [0.25, 0.3) is 11.8 Å². The van der Waals surface area contributed by atoms with Crippen molar-refractivity contribution in [3.63, 3.8) is 0 Å². The van der Waals surface area contributed by atoms with Crippen LogP contribution in [-0.4, -0.2) is 80.0 Å². The Morgan fingerprint density at radius 3 is 1.30 bits per heavy atom. The van der Waals surface area contributed by atoms with Gasteiger partial charge in [-0.2, -0.15) is 0 Å². The van der Waals surface area contributed by atoms with E-state index in [1.54, 1.807) is 0 Å². The van der Waals surface area contributed by atoms with Crippen molar-refractivity contribution in [1.82, 2.24) is 40.4 Å². The van der Waals surface area contributed by atoms with E-state index < -0.39 is 24.3 Å². The first-order chi connectivity index (χ1) is 31.3. The number of nitrogens with one attached hydrogen (secondary N) is 4. The number of aromatic amines is 2. The van der Waals surface area contributed by atoms with Crippen LogP contribution in [0.2, 0.25) is 0 Å². The van der Waals surface area contributed by atoms with Gasteiger partial charge >= 0.3 is 12.2 Å². The van der Waals surface area contributed by atoms with Crippen LogP contribution < -0.4 is 10.6 Å². The molecule has 4 aliphatic rings. The molecule has 2 saturated heterocycles. The highest BCUT2D eigenvalue weighted by Crippen LogP contribution is 2.52. The van der Waals surface area contributed by atoms with Crippen LogP contribution in [0.4, 0.5) is 9.59 Å². The topological polar surface area (TPSA) is 175 Å². The van der Waals surface area contributed by atoms with Gasteiger partial charge in [0.05, 0.1) is 50.1 Å². The molecular weight excluding hydrogens is 809 g/mol. The third-order valence-electron chi connectivity index (χ3n) is 13.8. The molecule has 4 bridgehead atoms. The van der Waals surface area contributed by atoms with E-state index in [9.17, 15) is 19.2 Å². The lowest BCUT2D eigenvalue weighted by Crippen LogP contribution is -2.47. The number of nitrogens with zero attached hydrogens (tertiary/aromatic N) is 4. The van der Waals surface area contributed by atoms with E-state index in [-0.39, 0.29) is 47.8 Å². The number of ether oxygens (including phenoxy) is 2. The Morgan fingerprint density at radius 2 is 0.922 bits per heavy atom. The highest BCUT2D eigenvalue weighted by atomic mass is 16.5. The Hall–Kier alpha value is -7.22. The second kappa shape index (κ2) is 17.2. The first-order valence-corrected chi connectivity index (χ1v) is 22.0. The van der Waals surface area contributed by atoms with Crippen molar-refractivity contribution in [2.24, 2.45) is 11.8 Å². The normalized spacial score (nSPS) is 22.8. The van der Waals surface area contributed by atoms with E-state index in [4.69, 9.17) is 19.4 Å². The maximum atomic E-state index is 14.3. The number of imidazole rings is 2. The molecule has 0 radical (unpaired) electrons. The average Bonchev–Trinajstić information content (AvgIpc) is 4.23. The van der Waals surface area contributed by atoms with Crippen LogP contribution in [0.5, 0.6) is 0 Å². The minimum absolute atomic E-state index is 0.0718. The molecule has 0 unspecified atom stereocenters. The Bertz CT molecular complexity index is 2470. The molecule has 8 atom stereocenters. The number of piperidine rings is 2. The smallest absolute Gasteiger partial charge is 0.407 e. The van der Waals surface area contributed by atoms with Crippen LogP contribution in [0, 0.1) is 11.8 Å². The van der Waals surface area contributed by atoms with Crippen molar-refractivity contribution in [1.29, 1.82) is 0 Å². The van der Waals surface area contributed by atoms with Crippen molar-refractivity contribution in [3.8, 4) is 33.6 Å². The van der Waals surface area contributed by atoms with Gasteiger partial charge in [-0.3, -0.25) is 9.59 Å². The number of alkyl carbamates (subject to hydrolysis) is 2. The molecule has 2 saturated carbocycles. The monoisotopic (exact) mass is 858 g/mol. The van der Waals surface area contributed by atoms with Gasteiger partial charge in [-0.25, -0.2) is 19.6 Å². The maximum Gasteiger partial charge on any atom is 0.407 e. The van der Waals surface area contributed by atoms with Gasteiger partial charge in [-0.1, -0.05) is 109 Å². The number of carbonyl (C=O) groups excluding carboxylic acids is 4. The largest absolute Gasteiger partial charge is 0.453 e. The number of aromatic nitrogens is 4. The molecule has 4 aromatic carbocycles. The van der Waals surface area contributed by atoms with Crippen LogP contribution in [0.1, 0.15) is 85.5 Å². The lowest BCUT2D eigenvalue weighted by atomic mass is 9.96. The lowest BCUT2D eigenvalue weighted by Gasteiger charge is -2.36. The fourth-order valence-electron chi connectivity index (χ4n) is 10.8. The number of fused-ring (bicyclic) bond motifs is 4. The number of likely N-dealkylation sites (tertiary alicyclic amines) is 2. The molecular formula is C50H50N8O6. The quantitative estimate of drug-likeness (QED) is 0.100. The number of rotatable bonds is 11. The number of carbonyl (C=O) groups is 4. The van der Waals surface area contributed by atoms with Crippen LogP contribution in [-0.2, 0) is 19.1 Å². The molecule has 14 nitrogen and oxygen atoms in total. The van der Waals surface area contributed by atoms with E-state index in [0.717, 1.165) is 83.8 Å². The van der Waals surface area contributed by atoms with Gasteiger partial charge in [0.1, 0.15) is 23.7 Å². The van der Waals surface area contributed by atoms with E-state index in [0.29, 0.717) is 11.1 Å². The van der Waals surface area contributed by atoms with Crippen LogP contribution in [0.25, 0.3) is 33.6 Å². The molecule has 2 aliphatic carbocycles. The minimum Gasteiger partial charge on any atom is -0.453 e. The van der Waals surface area contributed by atoms with Gasteiger partial charge in [-0.05, 0) is 83.7 Å². The van der Waals surface area contributed by atoms with Gasteiger partial charge < -0.3 is 39.9 Å². The summed E-state index contributed by atoms with van der Waals surface area (Å²) in [6.45, 7) is 0. The third-order valence-corrected chi connectivity index (χ3v) is 13.8. The van der Waals surface area contributed by atoms with Crippen molar-refractivity contribution in [3.05, 3.63) is 144 Å². The second-order valence-corrected chi connectivity index (χ2v) is 17.3. The molecule has 4 N–H and O–H groups in total. The van der Waals surface area contributed by atoms with Gasteiger partial charge in [-0.15, -0.1) is 0 Å². The molecule has 4 fully saturated rings. The molecule has 10 rings (SSSR count). The molecule has 14 heteroatoms. The van der Waals surface area contributed by atoms with Crippen LogP contribution >= 0.6 is 0 Å². The Balaban J connectivity index is 0.834. The van der Waals surface area contributed by atoms with Gasteiger partial charge in [0.2, 0.25) is 0 Å². The maximum absolute atomic E-state index is 14.3. The summed E-state index contributed by atoms with van der Waals surface area (Å²) >= 11 is 0. The Labute approximate surface area is 370 Å². The van der Waals surface area contributed by atoms with Crippen molar-refractivity contribution in [2.45, 2.75) is 74.8 Å². The summed E-state index contributed by atoms with van der Waals surface area (Å²) in [5, 5.41) is 5.55. The summed E-state index contributed by atoms with van der Waals surface area (Å²) in [6.07, 6.45) is 8.01. The molecule has 2 aliphatic heterocycles. The number of hydrogen-bond acceptors (Lipinski definition) is 8. The number of methoxy groups -OCH3 is 2. The fraction of sp³-hybridized carbons (Fsp3) is 0.320. The summed E-state index contributed by atoms with van der Waals surface area (Å²) in [7, 11) is 2.59. The zero-order valence-corrected chi connectivity index (χ0v) is 35.6. The molecule has 4 amide bonds. The average molecular weight is 859 g/mol. The zero-order chi connectivity index (χ0) is 43.9. The predicted molar refractivity (Wildman–Crippen MR) is 238 cm³/mol. The van der Waals surface area contributed by atoms with Crippen LogP contribution in [0.3, 0.4) is 0 Å². The second-order valence-electron chi connectivity index (χ2n) is 17.3. The summed E-state index contributed by atoms with van der Waals surface area (Å²) in [4.78, 5) is 74.0.